The van der Waals surface area contributed by atoms with E-state index in [2.05, 4.69) is 163 Å². The van der Waals surface area contributed by atoms with Crippen molar-refractivity contribution < 1.29 is 4.39 Å². The summed E-state index contributed by atoms with van der Waals surface area (Å²) in [5.74, 6) is -0.259. The molecular formula is C53H35FN2. The van der Waals surface area contributed by atoms with Crippen LogP contribution in [0, 0.1) is 12.7 Å². The van der Waals surface area contributed by atoms with Crippen LogP contribution in [0.15, 0.2) is 194 Å². The maximum atomic E-state index is 15.4. The van der Waals surface area contributed by atoms with Crippen LogP contribution in [0.3, 0.4) is 0 Å². The van der Waals surface area contributed by atoms with E-state index in [0.29, 0.717) is 5.69 Å². The first-order chi connectivity index (χ1) is 27.6. The molecule has 0 bridgehead atoms. The van der Waals surface area contributed by atoms with E-state index in [9.17, 15) is 0 Å². The first-order valence-corrected chi connectivity index (χ1v) is 19.1. The van der Waals surface area contributed by atoms with Crippen molar-refractivity contribution in [3.63, 3.8) is 0 Å². The Morgan fingerprint density at radius 3 is 1.86 bits per heavy atom. The van der Waals surface area contributed by atoms with Crippen molar-refractivity contribution in [3.05, 3.63) is 206 Å². The van der Waals surface area contributed by atoms with E-state index in [4.69, 9.17) is 0 Å². The molecule has 2 nitrogen and oxygen atoms in total. The van der Waals surface area contributed by atoms with Crippen LogP contribution in [-0.2, 0) is 0 Å². The molecule has 10 aromatic carbocycles. The predicted molar refractivity (Wildman–Crippen MR) is 235 cm³/mol. The molecule has 0 amide bonds. The van der Waals surface area contributed by atoms with E-state index in [-0.39, 0.29) is 5.82 Å². The molecule has 0 saturated heterocycles. The van der Waals surface area contributed by atoms with Gasteiger partial charge in [-0.2, -0.15) is 0 Å². The molecule has 0 atom stereocenters. The third-order valence-electron chi connectivity index (χ3n) is 11.5. The first kappa shape index (κ1) is 32.2. The van der Waals surface area contributed by atoms with Crippen LogP contribution in [-0.4, -0.2) is 4.57 Å². The SMILES string of the molecule is Cc1ccccc1N(c1ccc(-c2ccc3ccc4c5c(ccc2c35)cc2c4c3ccccc3n2-c2ccc(-c3ccccc3)cc2)cc1)c1ccccc1F. The third kappa shape index (κ3) is 4.94. The molecular weight excluding hydrogens is 684 g/mol. The maximum Gasteiger partial charge on any atom is 0.147 e. The summed E-state index contributed by atoms with van der Waals surface area (Å²) in [6.45, 7) is 2.07. The quantitative estimate of drug-likeness (QED) is 0.155. The van der Waals surface area contributed by atoms with Crippen molar-refractivity contribution in [1.29, 1.82) is 0 Å². The average Bonchev–Trinajstić information content (AvgIpc) is 3.58. The lowest BCUT2D eigenvalue weighted by molar-refractivity contribution is 0.629. The molecule has 56 heavy (non-hydrogen) atoms. The second-order valence-corrected chi connectivity index (χ2v) is 14.7. The van der Waals surface area contributed by atoms with Crippen LogP contribution < -0.4 is 4.90 Å². The molecule has 0 N–H and O–H groups in total. The van der Waals surface area contributed by atoms with Gasteiger partial charge in [0.15, 0.2) is 0 Å². The van der Waals surface area contributed by atoms with Crippen LogP contribution in [0.1, 0.15) is 5.56 Å². The lowest BCUT2D eigenvalue weighted by atomic mass is 9.88. The van der Waals surface area contributed by atoms with Gasteiger partial charge in [0.05, 0.1) is 16.7 Å². The van der Waals surface area contributed by atoms with Gasteiger partial charge in [-0.25, -0.2) is 4.39 Å². The molecule has 0 aliphatic carbocycles. The Morgan fingerprint density at radius 2 is 1.05 bits per heavy atom. The fourth-order valence-electron chi connectivity index (χ4n) is 8.94. The van der Waals surface area contributed by atoms with Crippen LogP contribution in [0.2, 0.25) is 0 Å². The van der Waals surface area contributed by atoms with Gasteiger partial charge in [-0.3, -0.25) is 0 Å². The highest BCUT2D eigenvalue weighted by molar-refractivity contribution is 6.34. The van der Waals surface area contributed by atoms with Crippen molar-refractivity contribution in [3.8, 4) is 27.9 Å². The molecule has 0 saturated carbocycles. The zero-order valence-electron chi connectivity index (χ0n) is 30.7. The number of benzene rings is 10. The molecule has 0 aliphatic rings. The van der Waals surface area contributed by atoms with Crippen LogP contribution >= 0.6 is 0 Å². The van der Waals surface area contributed by atoms with E-state index in [1.807, 2.05) is 35.2 Å². The van der Waals surface area contributed by atoms with Crippen LogP contribution in [0.25, 0.3) is 82.1 Å². The molecule has 264 valence electrons. The summed E-state index contributed by atoms with van der Waals surface area (Å²) in [7, 11) is 0. The summed E-state index contributed by atoms with van der Waals surface area (Å²) >= 11 is 0. The van der Waals surface area contributed by atoms with E-state index in [0.717, 1.165) is 28.2 Å². The summed E-state index contributed by atoms with van der Waals surface area (Å²) in [6, 6.07) is 68.0. The molecule has 11 rings (SSSR count). The third-order valence-corrected chi connectivity index (χ3v) is 11.5. The Bertz CT molecular complexity index is 3210. The van der Waals surface area contributed by atoms with Gasteiger partial charge in [-0.15, -0.1) is 0 Å². The Morgan fingerprint density at radius 1 is 0.429 bits per heavy atom. The number of rotatable bonds is 6. The highest BCUT2D eigenvalue weighted by Gasteiger charge is 2.21. The molecule has 0 spiro atoms. The highest BCUT2D eigenvalue weighted by Crippen LogP contribution is 2.46. The minimum Gasteiger partial charge on any atom is -0.309 e. The van der Waals surface area contributed by atoms with Crippen molar-refractivity contribution in [2.24, 2.45) is 0 Å². The summed E-state index contributed by atoms with van der Waals surface area (Å²) in [6.07, 6.45) is 0. The number of aryl methyl sites for hydroxylation is 1. The summed E-state index contributed by atoms with van der Waals surface area (Å²) < 4.78 is 17.8. The summed E-state index contributed by atoms with van der Waals surface area (Å²) in [4.78, 5) is 2.01. The summed E-state index contributed by atoms with van der Waals surface area (Å²) in [5, 5.41) is 10.0. The standard InChI is InChI=1S/C53H35FN2/c1-34-11-5-8-16-47(34)55(49-18-10-7-15-46(49)54)40-28-21-37(22-29-40)42-30-23-38-24-32-45-52-39(25-31-43(42)51(38)52)33-50-53(45)44-14-6-9-17-48(44)56(50)41-26-19-36(20-27-41)35-12-3-2-4-13-35/h2-33H,1H3. The smallest absolute Gasteiger partial charge is 0.147 e. The summed E-state index contributed by atoms with van der Waals surface area (Å²) in [5.41, 5.74) is 11.7. The van der Waals surface area contributed by atoms with E-state index >= 15 is 4.39 Å². The van der Waals surface area contributed by atoms with Gasteiger partial charge in [0.1, 0.15) is 5.82 Å². The molecule has 0 unspecified atom stereocenters. The Kier molecular flexibility index (Phi) is 7.30. The average molecular weight is 719 g/mol. The Hall–Kier alpha value is -7.23. The van der Waals surface area contributed by atoms with Crippen LogP contribution in [0.5, 0.6) is 0 Å². The van der Waals surface area contributed by atoms with E-state index in [1.54, 1.807) is 6.07 Å². The molecule has 0 radical (unpaired) electrons. The van der Waals surface area contributed by atoms with Crippen LogP contribution in [0.4, 0.5) is 21.5 Å². The lowest BCUT2D eigenvalue weighted by Crippen LogP contribution is -2.12. The van der Waals surface area contributed by atoms with Crippen molar-refractivity contribution in [2.45, 2.75) is 6.92 Å². The van der Waals surface area contributed by atoms with Crippen molar-refractivity contribution in [2.75, 3.05) is 4.90 Å². The van der Waals surface area contributed by atoms with Gasteiger partial charge in [0.2, 0.25) is 0 Å². The minimum absolute atomic E-state index is 0.259. The zero-order valence-corrected chi connectivity index (χ0v) is 30.7. The monoisotopic (exact) mass is 718 g/mol. The van der Waals surface area contributed by atoms with Gasteiger partial charge in [-0.05, 0) is 122 Å². The molecule has 1 aromatic heterocycles. The van der Waals surface area contributed by atoms with Gasteiger partial charge >= 0.3 is 0 Å². The van der Waals surface area contributed by atoms with E-state index in [1.165, 1.54) is 76.9 Å². The van der Waals surface area contributed by atoms with Crippen molar-refractivity contribution >= 4 is 71.2 Å². The molecule has 11 aromatic rings. The predicted octanol–water partition coefficient (Wildman–Crippen LogP) is 14.9. The van der Waals surface area contributed by atoms with Gasteiger partial charge in [0, 0.05) is 27.8 Å². The fraction of sp³-hybridized carbons (Fsp3) is 0.0189. The zero-order chi connectivity index (χ0) is 37.3. The lowest BCUT2D eigenvalue weighted by Gasteiger charge is -2.27. The number of fused-ring (bicyclic) bond motifs is 4. The number of hydrogen-bond donors (Lipinski definition) is 0. The Balaban J connectivity index is 1.07. The number of anilines is 3. The normalized spacial score (nSPS) is 11.8. The number of nitrogens with zero attached hydrogens (tertiary/aromatic N) is 2. The second-order valence-electron chi connectivity index (χ2n) is 14.7. The van der Waals surface area contributed by atoms with Gasteiger partial charge in [-0.1, -0.05) is 140 Å². The molecule has 1 heterocycles. The second kappa shape index (κ2) is 12.7. The topological polar surface area (TPSA) is 8.17 Å². The number of aromatic nitrogens is 1. The number of hydrogen-bond acceptors (Lipinski definition) is 1. The largest absolute Gasteiger partial charge is 0.309 e. The highest BCUT2D eigenvalue weighted by atomic mass is 19.1. The number of halogens is 1. The number of para-hydroxylation sites is 3. The molecule has 3 heteroatoms. The first-order valence-electron chi connectivity index (χ1n) is 19.1. The van der Waals surface area contributed by atoms with Gasteiger partial charge in [0.25, 0.3) is 0 Å². The molecule has 0 fully saturated rings. The van der Waals surface area contributed by atoms with Gasteiger partial charge < -0.3 is 9.47 Å². The maximum absolute atomic E-state index is 15.4. The van der Waals surface area contributed by atoms with Crippen molar-refractivity contribution in [1.82, 2.24) is 4.57 Å². The van der Waals surface area contributed by atoms with E-state index < -0.39 is 0 Å². The minimum atomic E-state index is -0.259. The fourth-order valence-corrected chi connectivity index (χ4v) is 8.94. The Labute approximate surface area is 324 Å². The molecule has 0 aliphatic heterocycles.